The van der Waals surface area contributed by atoms with Crippen LogP contribution >= 0.6 is 11.8 Å². The van der Waals surface area contributed by atoms with Gasteiger partial charge in [-0.2, -0.15) is 0 Å². The zero-order chi connectivity index (χ0) is 9.36. The SMILES string of the molecule is CCCC/C=C\SCc1ccco1. The third-order valence-electron chi connectivity index (χ3n) is 1.72. The molecule has 0 saturated heterocycles. The van der Waals surface area contributed by atoms with Crippen molar-refractivity contribution in [2.45, 2.75) is 31.9 Å². The van der Waals surface area contributed by atoms with Crippen molar-refractivity contribution in [1.82, 2.24) is 0 Å². The fourth-order valence-electron chi connectivity index (χ4n) is 0.983. The molecule has 0 atom stereocenters. The summed E-state index contributed by atoms with van der Waals surface area (Å²) in [6.45, 7) is 2.21. The van der Waals surface area contributed by atoms with Crippen molar-refractivity contribution in [2.75, 3.05) is 0 Å². The summed E-state index contributed by atoms with van der Waals surface area (Å²) in [5.74, 6) is 1.99. The molecule has 0 aliphatic rings. The first-order chi connectivity index (χ1) is 6.43. The molecule has 72 valence electrons. The maximum atomic E-state index is 5.21. The normalized spacial score (nSPS) is 11.2. The highest BCUT2D eigenvalue weighted by Gasteiger charge is 1.91. The number of unbranched alkanes of at least 4 members (excludes halogenated alkanes) is 2. The van der Waals surface area contributed by atoms with Crippen LogP contribution in [0.25, 0.3) is 0 Å². The first kappa shape index (κ1) is 10.5. The molecule has 0 fully saturated rings. The summed E-state index contributed by atoms with van der Waals surface area (Å²) in [5.41, 5.74) is 0. The molecule has 0 aliphatic heterocycles. The highest BCUT2D eigenvalue weighted by molar-refractivity contribution is 8.01. The Bertz CT molecular complexity index is 226. The minimum atomic E-state index is 0.940. The first-order valence-corrected chi connectivity index (χ1v) is 5.77. The summed E-state index contributed by atoms with van der Waals surface area (Å²) in [7, 11) is 0. The number of hydrogen-bond acceptors (Lipinski definition) is 2. The molecule has 1 aromatic heterocycles. The van der Waals surface area contributed by atoms with Crippen molar-refractivity contribution >= 4 is 11.8 Å². The Morgan fingerprint density at radius 1 is 1.54 bits per heavy atom. The lowest BCUT2D eigenvalue weighted by Gasteiger charge is -1.91. The Morgan fingerprint density at radius 2 is 2.46 bits per heavy atom. The van der Waals surface area contributed by atoms with Gasteiger partial charge in [-0.3, -0.25) is 0 Å². The van der Waals surface area contributed by atoms with Crippen molar-refractivity contribution in [1.29, 1.82) is 0 Å². The third kappa shape index (κ3) is 4.83. The van der Waals surface area contributed by atoms with E-state index in [9.17, 15) is 0 Å². The first-order valence-electron chi connectivity index (χ1n) is 4.72. The van der Waals surface area contributed by atoms with E-state index in [0.717, 1.165) is 11.5 Å². The Labute approximate surface area is 84.2 Å². The molecular formula is C11H16OS. The van der Waals surface area contributed by atoms with Crippen LogP contribution in [0, 0.1) is 0 Å². The second kappa shape index (κ2) is 6.84. The molecule has 1 nitrogen and oxygen atoms in total. The predicted octanol–water partition coefficient (Wildman–Crippen LogP) is 4.22. The predicted molar refractivity (Wildman–Crippen MR) is 58.7 cm³/mol. The van der Waals surface area contributed by atoms with Gasteiger partial charge in [0, 0.05) is 0 Å². The van der Waals surface area contributed by atoms with Crippen LogP contribution in [0.1, 0.15) is 31.9 Å². The number of rotatable bonds is 6. The van der Waals surface area contributed by atoms with E-state index in [1.165, 1.54) is 19.3 Å². The third-order valence-corrected chi connectivity index (χ3v) is 2.56. The summed E-state index contributed by atoms with van der Waals surface area (Å²) in [6.07, 6.45) is 7.71. The number of allylic oxidation sites excluding steroid dienone is 1. The highest BCUT2D eigenvalue weighted by atomic mass is 32.2. The Morgan fingerprint density at radius 3 is 3.15 bits per heavy atom. The molecule has 1 rings (SSSR count). The highest BCUT2D eigenvalue weighted by Crippen LogP contribution is 2.13. The van der Waals surface area contributed by atoms with E-state index in [1.54, 1.807) is 18.0 Å². The summed E-state index contributed by atoms with van der Waals surface area (Å²) in [6, 6.07) is 3.93. The average molecular weight is 196 g/mol. The van der Waals surface area contributed by atoms with Gasteiger partial charge >= 0.3 is 0 Å². The number of furan rings is 1. The maximum absolute atomic E-state index is 5.21. The molecule has 13 heavy (non-hydrogen) atoms. The van der Waals surface area contributed by atoms with Gasteiger partial charge in [0.05, 0.1) is 12.0 Å². The maximum Gasteiger partial charge on any atom is 0.113 e. The van der Waals surface area contributed by atoms with Crippen molar-refractivity contribution in [2.24, 2.45) is 0 Å². The van der Waals surface area contributed by atoms with Gasteiger partial charge in [0.15, 0.2) is 0 Å². The van der Waals surface area contributed by atoms with Crippen molar-refractivity contribution in [3.8, 4) is 0 Å². The Balaban J connectivity index is 2.04. The van der Waals surface area contributed by atoms with E-state index in [4.69, 9.17) is 4.42 Å². The van der Waals surface area contributed by atoms with Crippen LogP contribution in [0.15, 0.2) is 34.3 Å². The topological polar surface area (TPSA) is 13.1 Å². The smallest absolute Gasteiger partial charge is 0.113 e. The lowest BCUT2D eigenvalue weighted by atomic mass is 10.2. The molecule has 0 aliphatic carbocycles. The zero-order valence-corrected chi connectivity index (χ0v) is 8.85. The quantitative estimate of drug-likeness (QED) is 0.632. The van der Waals surface area contributed by atoms with Gasteiger partial charge in [0.1, 0.15) is 5.76 Å². The van der Waals surface area contributed by atoms with Crippen LogP contribution in [-0.2, 0) is 5.75 Å². The van der Waals surface area contributed by atoms with Crippen LogP contribution in [0.5, 0.6) is 0 Å². The van der Waals surface area contributed by atoms with Gasteiger partial charge in [-0.05, 0) is 24.0 Å². The van der Waals surface area contributed by atoms with Crippen molar-refractivity contribution < 1.29 is 4.42 Å². The van der Waals surface area contributed by atoms with Gasteiger partial charge in [-0.25, -0.2) is 0 Å². The molecule has 0 spiro atoms. The molecule has 2 heteroatoms. The molecule has 0 amide bonds. The van der Waals surface area contributed by atoms with Crippen molar-refractivity contribution in [3.63, 3.8) is 0 Å². The van der Waals surface area contributed by atoms with Gasteiger partial charge in [0.25, 0.3) is 0 Å². The lowest BCUT2D eigenvalue weighted by molar-refractivity contribution is 0.530. The monoisotopic (exact) mass is 196 g/mol. The summed E-state index contributed by atoms with van der Waals surface area (Å²) in [4.78, 5) is 0. The van der Waals surface area contributed by atoms with E-state index in [1.807, 2.05) is 12.1 Å². The fraction of sp³-hybridized carbons (Fsp3) is 0.455. The lowest BCUT2D eigenvalue weighted by Crippen LogP contribution is -1.70. The molecule has 0 aromatic carbocycles. The van der Waals surface area contributed by atoms with E-state index >= 15 is 0 Å². The Hall–Kier alpha value is -0.630. The molecule has 1 aromatic rings. The van der Waals surface area contributed by atoms with Crippen LogP contribution < -0.4 is 0 Å². The molecule has 1 heterocycles. The van der Waals surface area contributed by atoms with Gasteiger partial charge in [-0.15, -0.1) is 11.8 Å². The molecule has 0 saturated carbocycles. The Kier molecular flexibility index (Phi) is 5.50. The van der Waals surface area contributed by atoms with Crippen LogP contribution in [0.2, 0.25) is 0 Å². The molecule has 0 N–H and O–H groups in total. The molecule has 0 unspecified atom stereocenters. The fourth-order valence-corrected chi connectivity index (χ4v) is 1.68. The summed E-state index contributed by atoms with van der Waals surface area (Å²) >= 11 is 1.79. The number of hydrogen-bond donors (Lipinski definition) is 0. The van der Waals surface area contributed by atoms with Gasteiger partial charge < -0.3 is 4.42 Å². The zero-order valence-electron chi connectivity index (χ0n) is 8.03. The minimum Gasteiger partial charge on any atom is -0.468 e. The molecule has 0 bridgehead atoms. The minimum absolute atomic E-state index is 0.940. The number of thioether (sulfide) groups is 1. The van der Waals surface area contributed by atoms with E-state index < -0.39 is 0 Å². The van der Waals surface area contributed by atoms with Crippen molar-refractivity contribution in [3.05, 3.63) is 35.6 Å². The van der Waals surface area contributed by atoms with E-state index in [-0.39, 0.29) is 0 Å². The second-order valence-electron chi connectivity index (χ2n) is 2.90. The average Bonchev–Trinajstić information content (AvgIpc) is 2.63. The molecular weight excluding hydrogens is 180 g/mol. The van der Waals surface area contributed by atoms with Gasteiger partial charge in [-0.1, -0.05) is 25.8 Å². The summed E-state index contributed by atoms with van der Waals surface area (Å²) in [5, 5.41) is 2.16. The van der Waals surface area contributed by atoms with E-state index in [2.05, 4.69) is 18.4 Å². The van der Waals surface area contributed by atoms with Crippen LogP contribution in [0.3, 0.4) is 0 Å². The van der Waals surface area contributed by atoms with Crippen LogP contribution in [0.4, 0.5) is 0 Å². The van der Waals surface area contributed by atoms with Crippen LogP contribution in [-0.4, -0.2) is 0 Å². The van der Waals surface area contributed by atoms with Gasteiger partial charge in [0.2, 0.25) is 0 Å². The standard InChI is InChI=1S/C11H16OS/c1-2-3-4-5-9-13-10-11-7-6-8-12-11/h5-9H,2-4,10H2,1H3/b9-5-. The molecule has 0 radical (unpaired) electrons. The largest absolute Gasteiger partial charge is 0.468 e. The summed E-state index contributed by atoms with van der Waals surface area (Å²) < 4.78 is 5.21. The van der Waals surface area contributed by atoms with E-state index in [0.29, 0.717) is 0 Å². The second-order valence-corrected chi connectivity index (χ2v) is 3.80.